The van der Waals surface area contributed by atoms with E-state index in [1.165, 1.54) is 36.3 Å². The summed E-state index contributed by atoms with van der Waals surface area (Å²) >= 11 is 0. The first kappa shape index (κ1) is 23.2. The van der Waals surface area contributed by atoms with E-state index in [1.54, 1.807) is 24.3 Å². The Labute approximate surface area is 196 Å². The molecule has 0 aromatic heterocycles. The molecule has 0 aliphatic carbocycles. The van der Waals surface area contributed by atoms with Gasteiger partial charge in [-0.05, 0) is 47.5 Å². The monoisotopic (exact) mass is 461 g/mol. The van der Waals surface area contributed by atoms with Crippen molar-refractivity contribution >= 4 is 17.4 Å². The molecule has 1 unspecified atom stereocenters. The fourth-order valence-corrected chi connectivity index (χ4v) is 3.90. The van der Waals surface area contributed by atoms with Gasteiger partial charge in [-0.25, -0.2) is 4.39 Å². The molecule has 1 heterocycles. The van der Waals surface area contributed by atoms with E-state index in [9.17, 15) is 19.1 Å². The molecule has 1 fully saturated rings. The van der Waals surface area contributed by atoms with Crippen molar-refractivity contribution in [2.45, 2.75) is 12.6 Å². The lowest BCUT2D eigenvalue weighted by atomic mass is 9.95. The number of ether oxygens (including phenoxy) is 2. The second kappa shape index (κ2) is 10.3. The van der Waals surface area contributed by atoms with Crippen molar-refractivity contribution in [3.8, 4) is 5.75 Å². The maximum absolute atomic E-state index is 13.5. The van der Waals surface area contributed by atoms with Crippen LogP contribution in [0.5, 0.6) is 5.75 Å². The van der Waals surface area contributed by atoms with Crippen molar-refractivity contribution in [2.75, 3.05) is 20.3 Å². The predicted molar refractivity (Wildman–Crippen MR) is 125 cm³/mol. The van der Waals surface area contributed by atoms with E-state index in [-0.39, 0.29) is 24.5 Å². The molecule has 3 aromatic rings. The SMILES string of the molecule is COCCN1C(=O)C(=O)/C(=C(/O)c2ccc(OCc3ccccc3)cc2)C1c1ccc(F)cc1. The summed E-state index contributed by atoms with van der Waals surface area (Å²) < 4.78 is 24.4. The van der Waals surface area contributed by atoms with Crippen LogP contribution in [0.4, 0.5) is 4.39 Å². The minimum absolute atomic E-state index is 0.0503. The Hall–Kier alpha value is -3.97. The highest BCUT2D eigenvalue weighted by atomic mass is 19.1. The summed E-state index contributed by atoms with van der Waals surface area (Å²) in [6.45, 7) is 0.742. The highest BCUT2D eigenvalue weighted by molar-refractivity contribution is 6.46. The average molecular weight is 461 g/mol. The molecule has 0 bridgehead atoms. The summed E-state index contributed by atoms with van der Waals surface area (Å²) in [6.07, 6.45) is 0. The molecule has 0 spiro atoms. The Morgan fingerprint density at radius 3 is 2.29 bits per heavy atom. The van der Waals surface area contributed by atoms with Gasteiger partial charge in [0.25, 0.3) is 11.7 Å². The molecule has 1 aliphatic heterocycles. The smallest absolute Gasteiger partial charge is 0.295 e. The predicted octanol–water partition coefficient (Wildman–Crippen LogP) is 4.47. The summed E-state index contributed by atoms with van der Waals surface area (Å²) in [5, 5.41) is 11.1. The Morgan fingerprint density at radius 2 is 1.65 bits per heavy atom. The molecule has 1 amide bonds. The van der Waals surface area contributed by atoms with Crippen LogP contribution >= 0.6 is 0 Å². The highest BCUT2D eigenvalue weighted by Gasteiger charge is 2.45. The number of hydrogen-bond acceptors (Lipinski definition) is 5. The number of benzene rings is 3. The molecule has 0 radical (unpaired) electrons. The van der Waals surface area contributed by atoms with Gasteiger partial charge in [0.1, 0.15) is 23.9 Å². The van der Waals surface area contributed by atoms with Crippen LogP contribution in [-0.4, -0.2) is 42.0 Å². The molecule has 6 nitrogen and oxygen atoms in total. The third kappa shape index (κ3) is 4.84. The Balaban J connectivity index is 1.65. The molecule has 0 saturated carbocycles. The van der Waals surface area contributed by atoms with E-state index in [2.05, 4.69) is 0 Å². The second-order valence-electron chi connectivity index (χ2n) is 7.84. The van der Waals surface area contributed by atoms with E-state index in [0.717, 1.165) is 5.56 Å². The van der Waals surface area contributed by atoms with Gasteiger partial charge in [0.2, 0.25) is 0 Å². The number of Topliss-reactive ketones (excluding diaryl/α,β-unsaturated/α-hetero) is 1. The lowest BCUT2D eigenvalue weighted by molar-refractivity contribution is -0.140. The van der Waals surface area contributed by atoms with Crippen LogP contribution in [0.15, 0.2) is 84.4 Å². The highest BCUT2D eigenvalue weighted by Crippen LogP contribution is 2.39. The minimum Gasteiger partial charge on any atom is -0.507 e. The van der Waals surface area contributed by atoms with Gasteiger partial charge in [-0.1, -0.05) is 42.5 Å². The van der Waals surface area contributed by atoms with Gasteiger partial charge in [0, 0.05) is 19.2 Å². The van der Waals surface area contributed by atoms with Crippen LogP contribution in [0.25, 0.3) is 5.76 Å². The zero-order valence-corrected chi connectivity index (χ0v) is 18.6. The number of methoxy groups -OCH3 is 1. The number of aliphatic hydroxyl groups excluding tert-OH is 1. The normalized spacial score (nSPS) is 17.2. The Kier molecular flexibility index (Phi) is 7.04. The first-order chi connectivity index (χ1) is 16.5. The lowest BCUT2D eigenvalue weighted by Gasteiger charge is -2.25. The van der Waals surface area contributed by atoms with Crippen LogP contribution in [0.1, 0.15) is 22.7 Å². The van der Waals surface area contributed by atoms with Gasteiger partial charge in [-0.2, -0.15) is 0 Å². The van der Waals surface area contributed by atoms with Crippen molar-refractivity contribution in [1.82, 2.24) is 4.90 Å². The summed E-state index contributed by atoms with van der Waals surface area (Å²) in [5.41, 5.74) is 1.85. The van der Waals surface area contributed by atoms with Gasteiger partial charge in [0.05, 0.1) is 18.2 Å². The molecule has 1 aliphatic rings. The lowest BCUT2D eigenvalue weighted by Crippen LogP contribution is -2.32. The van der Waals surface area contributed by atoms with E-state index in [1.807, 2.05) is 30.3 Å². The number of carbonyl (C=O) groups excluding carboxylic acids is 2. The molecule has 7 heteroatoms. The third-order valence-electron chi connectivity index (χ3n) is 5.64. The maximum Gasteiger partial charge on any atom is 0.295 e. The van der Waals surface area contributed by atoms with Gasteiger partial charge >= 0.3 is 0 Å². The van der Waals surface area contributed by atoms with Crippen LogP contribution in [0.2, 0.25) is 0 Å². The number of hydrogen-bond donors (Lipinski definition) is 1. The van der Waals surface area contributed by atoms with E-state index < -0.39 is 23.5 Å². The molecule has 1 N–H and O–H groups in total. The van der Waals surface area contributed by atoms with E-state index >= 15 is 0 Å². The molecule has 1 saturated heterocycles. The number of nitrogens with zero attached hydrogens (tertiary/aromatic N) is 1. The largest absolute Gasteiger partial charge is 0.507 e. The summed E-state index contributed by atoms with van der Waals surface area (Å²) in [4.78, 5) is 27.0. The van der Waals surface area contributed by atoms with Crippen molar-refractivity contribution in [3.05, 3.63) is 107 Å². The van der Waals surface area contributed by atoms with Crippen molar-refractivity contribution in [3.63, 3.8) is 0 Å². The minimum atomic E-state index is -0.857. The Bertz CT molecular complexity index is 1190. The van der Waals surface area contributed by atoms with Gasteiger partial charge < -0.3 is 19.5 Å². The standard InChI is InChI=1S/C27H24FNO5/c1-33-16-15-29-24(19-7-11-21(28)12-8-19)23(26(31)27(29)32)25(30)20-9-13-22(14-10-20)34-17-18-5-3-2-4-6-18/h2-14,24,30H,15-17H2,1H3/b25-23+. The molecule has 3 aromatic carbocycles. The third-order valence-corrected chi connectivity index (χ3v) is 5.64. The molecule has 1 atom stereocenters. The molecule has 34 heavy (non-hydrogen) atoms. The maximum atomic E-state index is 13.5. The zero-order valence-electron chi connectivity index (χ0n) is 18.6. The fourth-order valence-electron chi connectivity index (χ4n) is 3.90. The van der Waals surface area contributed by atoms with Gasteiger partial charge in [-0.15, -0.1) is 0 Å². The van der Waals surface area contributed by atoms with Gasteiger partial charge in [0.15, 0.2) is 0 Å². The van der Waals surface area contributed by atoms with E-state index in [4.69, 9.17) is 9.47 Å². The fraction of sp³-hybridized carbons (Fsp3) is 0.185. The van der Waals surface area contributed by atoms with Crippen molar-refractivity contribution < 1.29 is 28.6 Å². The number of rotatable bonds is 8. The van der Waals surface area contributed by atoms with Crippen LogP contribution in [0.3, 0.4) is 0 Å². The summed E-state index contributed by atoms with van der Waals surface area (Å²) in [7, 11) is 1.49. The molecular weight excluding hydrogens is 437 g/mol. The number of ketones is 1. The summed E-state index contributed by atoms with van der Waals surface area (Å²) in [6, 6.07) is 21.0. The average Bonchev–Trinajstić information content (AvgIpc) is 3.12. The number of aliphatic hydroxyl groups is 1. The number of likely N-dealkylation sites (tertiary alicyclic amines) is 1. The number of amides is 1. The summed E-state index contributed by atoms with van der Waals surface area (Å²) in [5.74, 6) is -1.69. The van der Waals surface area contributed by atoms with Crippen LogP contribution in [-0.2, 0) is 20.9 Å². The van der Waals surface area contributed by atoms with E-state index in [0.29, 0.717) is 23.5 Å². The van der Waals surface area contributed by atoms with Crippen LogP contribution in [0, 0.1) is 5.82 Å². The van der Waals surface area contributed by atoms with Gasteiger partial charge in [-0.3, -0.25) is 9.59 Å². The number of halogens is 1. The first-order valence-corrected chi connectivity index (χ1v) is 10.8. The van der Waals surface area contributed by atoms with Crippen LogP contribution < -0.4 is 4.74 Å². The molecule has 174 valence electrons. The second-order valence-corrected chi connectivity index (χ2v) is 7.84. The molecular formula is C27H24FNO5. The first-order valence-electron chi connectivity index (χ1n) is 10.8. The number of carbonyl (C=O) groups is 2. The topological polar surface area (TPSA) is 76.1 Å². The molecule has 4 rings (SSSR count). The van der Waals surface area contributed by atoms with Crippen molar-refractivity contribution in [1.29, 1.82) is 0 Å². The van der Waals surface area contributed by atoms with Crippen molar-refractivity contribution in [2.24, 2.45) is 0 Å². The quantitative estimate of drug-likeness (QED) is 0.304. The zero-order chi connectivity index (χ0) is 24.1. The Morgan fingerprint density at radius 1 is 0.971 bits per heavy atom.